The highest BCUT2D eigenvalue weighted by atomic mass is 35.5. The van der Waals surface area contributed by atoms with Gasteiger partial charge in [0.1, 0.15) is 18.1 Å². The lowest BCUT2D eigenvalue weighted by molar-refractivity contribution is -0.131. The largest absolute Gasteiger partial charge is 0.495 e. The average molecular weight is 572 g/mol. The van der Waals surface area contributed by atoms with Crippen LogP contribution in [-0.2, 0) is 11.2 Å². The second kappa shape index (κ2) is 12.7. The maximum absolute atomic E-state index is 13.2. The summed E-state index contributed by atoms with van der Waals surface area (Å²) in [6.07, 6.45) is 0.684. The van der Waals surface area contributed by atoms with E-state index in [-0.39, 0.29) is 35.9 Å². The Hall–Kier alpha value is -3.95. The van der Waals surface area contributed by atoms with Crippen LogP contribution in [0.4, 0.5) is 16.2 Å². The topological polar surface area (TPSA) is 117 Å². The van der Waals surface area contributed by atoms with Gasteiger partial charge in [0.15, 0.2) is 0 Å². The number of methoxy groups -OCH3 is 1. The number of nitrogens with one attached hydrogen (secondary N) is 2. The molecule has 9 nitrogen and oxygen atoms in total. The summed E-state index contributed by atoms with van der Waals surface area (Å²) < 4.78 is 11.3. The van der Waals surface area contributed by atoms with Gasteiger partial charge in [0.2, 0.25) is 5.91 Å². The van der Waals surface area contributed by atoms with Gasteiger partial charge in [-0.05, 0) is 60.5 Å². The predicted octanol–water partition coefficient (Wildman–Crippen LogP) is 5.52. The standard InChI is InChI=1S/C28H27Cl2N3O6/c1-38-25-12-17(6-11-24(25)32-28(37)31-23-5-3-2-4-22(23)30)13-26(34)33-15-19(29)14-20(33)16-39-21-9-7-18(8-10-21)27(35)36/h2-12,19-20H,13-16H2,1H3,(H,35,36)(H2,31,32,37)/t19-,20-/m0/s1. The molecule has 0 unspecified atom stereocenters. The minimum Gasteiger partial charge on any atom is -0.495 e. The van der Waals surface area contributed by atoms with Crippen LogP contribution in [0.3, 0.4) is 0 Å². The lowest BCUT2D eigenvalue weighted by Gasteiger charge is -2.25. The Morgan fingerprint density at radius 1 is 1.03 bits per heavy atom. The van der Waals surface area contributed by atoms with Crippen LogP contribution in [0.15, 0.2) is 66.7 Å². The van der Waals surface area contributed by atoms with Gasteiger partial charge in [0.05, 0.1) is 46.9 Å². The van der Waals surface area contributed by atoms with E-state index in [9.17, 15) is 14.4 Å². The number of halogens is 2. The molecule has 3 amide bonds. The van der Waals surface area contributed by atoms with Crippen molar-refractivity contribution < 1.29 is 29.0 Å². The van der Waals surface area contributed by atoms with Crippen molar-refractivity contribution in [2.75, 3.05) is 30.9 Å². The van der Waals surface area contributed by atoms with E-state index in [0.29, 0.717) is 46.4 Å². The number of hydrogen-bond acceptors (Lipinski definition) is 5. The van der Waals surface area contributed by atoms with Gasteiger partial charge in [-0.25, -0.2) is 9.59 Å². The number of carboxylic acids is 1. The number of ether oxygens (including phenoxy) is 2. The summed E-state index contributed by atoms with van der Waals surface area (Å²) in [4.78, 5) is 38.4. The van der Waals surface area contributed by atoms with Gasteiger partial charge in [-0.15, -0.1) is 11.6 Å². The summed E-state index contributed by atoms with van der Waals surface area (Å²) in [6, 6.07) is 17.4. The first kappa shape index (κ1) is 28.1. The molecule has 0 aliphatic carbocycles. The van der Waals surface area contributed by atoms with Crippen molar-refractivity contribution in [2.24, 2.45) is 0 Å². The second-order valence-electron chi connectivity index (χ2n) is 8.94. The number of hydrogen-bond donors (Lipinski definition) is 3. The molecular formula is C28H27Cl2N3O6. The van der Waals surface area contributed by atoms with E-state index in [0.717, 1.165) is 0 Å². The number of aromatic carboxylic acids is 1. The fourth-order valence-electron chi connectivity index (χ4n) is 4.27. The molecule has 2 atom stereocenters. The number of anilines is 2. The highest BCUT2D eigenvalue weighted by Crippen LogP contribution is 2.29. The zero-order valence-corrected chi connectivity index (χ0v) is 22.5. The third kappa shape index (κ3) is 7.34. The number of benzene rings is 3. The first-order valence-electron chi connectivity index (χ1n) is 12.1. The highest BCUT2D eigenvalue weighted by molar-refractivity contribution is 6.33. The van der Waals surface area contributed by atoms with Crippen LogP contribution in [0.25, 0.3) is 0 Å². The molecule has 1 aliphatic rings. The number of nitrogens with zero attached hydrogens (tertiary/aromatic N) is 1. The van der Waals surface area contributed by atoms with Crippen LogP contribution in [0, 0.1) is 0 Å². The Bertz CT molecular complexity index is 1350. The Kier molecular flexibility index (Phi) is 9.16. The predicted molar refractivity (Wildman–Crippen MR) is 149 cm³/mol. The van der Waals surface area contributed by atoms with Crippen molar-refractivity contribution in [2.45, 2.75) is 24.3 Å². The molecule has 3 N–H and O–H groups in total. The van der Waals surface area contributed by atoms with Crippen molar-refractivity contribution in [3.8, 4) is 11.5 Å². The molecule has 1 fully saturated rings. The number of rotatable bonds is 9. The molecule has 204 valence electrons. The van der Waals surface area contributed by atoms with Crippen LogP contribution >= 0.6 is 23.2 Å². The van der Waals surface area contributed by atoms with Gasteiger partial charge in [0.25, 0.3) is 0 Å². The smallest absolute Gasteiger partial charge is 0.335 e. The number of carbonyl (C=O) groups is 3. The Morgan fingerprint density at radius 2 is 1.74 bits per heavy atom. The summed E-state index contributed by atoms with van der Waals surface area (Å²) in [5.41, 5.74) is 1.77. The normalized spacial score (nSPS) is 16.4. The summed E-state index contributed by atoms with van der Waals surface area (Å²) >= 11 is 12.5. The molecule has 39 heavy (non-hydrogen) atoms. The lowest BCUT2D eigenvalue weighted by Crippen LogP contribution is -2.40. The van der Waals surface area contributed by atoms with Gasteiger partial charge in [-0.1, -0.05) is 29.8 Å². The van der Waals surface area contributed by atoms with Gasteiger partial charge in [-0.2, -0.15) is 0 Å². The van der Waals surface area contributed by atoms with Crippen molar-refractivity contribution in [1.82, 2.24) is 4.90 Å². The van der Waals surface area contributed by atoms with Crippen LogP contribution in [0.1, 0.15) is 22.3 Å². The van der Waals surface area contributed by atoms with Crippen molar-refractivity contribution in [3.63, 3.8) is 0 Å². The van der Waals surface area contributed by atoms with E-state index in [1.807, 2.05) is 0 Å². The van der Waals surface area contributed by atoms with E-state index in [2.05, 4.69) is 10.6 Å². The SMILES string of the molecule is COc1cc(CC(=O)N2C[C@@H](Cl)C[C@H]2COc2ccc(C(=O)O)cc2)ccc1NC(=O)Nc1ccccc1Cl. The average Bonchev–Trinajstić information content (AvgIpc) is 3.30. The van der Waals surface area contributed by atoms with Crippen LogP contribution < -0.4 is 20.1 Å². The van der Waals surface area contributed by atoms with Crippen LogP contribution in [0.5, 0.6) is 11.5 Å². The molecule has 3 aromatic rings. The van der Waals surface area contributed by atoms with Crippen LogP contribution in [0.2, 0.25) is 5.02 Å². The maximum Gasteiger partial charge on any atom is 0.335 e. The molecule has 3 aromatic carbocycles. The fourth-order valence-corrected chi connectivity index (χ4v) is 4.81. The van der Waals surface area contributed by atoms with Crippen molar-refractivity contribution in [3.05, 3.63) is 82.9 Å². The minimum atomic E-state index is -1.01. The molecule has 4 rings (SSSR count). The molecule has 0 spiro atoms. The van der Waals surface area contributed by atoms with E-state index in [4.69, 9.17) is 37.8 Å². The monoisotopic (exact) mass is 571 g/mol. The number of carbonyl (C=O) groups excluding carboxylic acids is 2. The summed E-state index contributed by atoms with van der Waals surface area (Å²) in [7, 11) is 1.48. The number of urea groups is 1. The third-order valence-corrected chi connectivity index (χ3v) is 6.86. The van der Waals surface area contributed by atoms with Gasteiger partial charge in [0, 0.05) is 6.54 Å². The molecule has 1 saturated heterocycles. The number of alkyl halides is 1. The fraction of sp³-hybridized carbons (Fsp3) is 0.250. The molecule has 0 aromatic heterocycles. The summed E-state index contributed by atoms with van der Waals surface area (Å²) in [6.45, 7) is 0.624. The third-order valence-electron chi connectivity index (χ3n) is 6.22. The Balaban J connectivity index is 1.37. The van der Waals surface area contributed by atoms with Gasteiger partial charge >= 0.3 is 12.0 Å². The van der Waals surface area contributed by atoms with Crippen molar-refractivity contribution in [1.29, 1.82) is 0 Å². The van der Waals surface area contributed by atoms with Gasteiger partial charge in [-0.3, -0.25) is 4.79 Å². The Labute approximate surface area is 235 Å². The molecule has 1 heterocycles. The molecular weight excluding hydrogens is 545 g/mol. The number of amides is 3. The highest BCUT2D eigenvalue weighted by Gasteiger charge is 2.34. The van der Waals surface area contributed by atoms with E-state index < -0.39 is 12.0 Å². The summed E-state index contributed by atoms with van der Waals surface area (Å²) in [5.74, 6) is -0.222. The number of carboxylic acid groups (broad SMARTS) is 1. The van der Waals surface area contributed by atoms with E-state index >= 15 is 0 Å². The second-order valence-corrected chi connectivity index (χ2v) is 9.97. The molecule has 0 saturated carbocycles. The first-order valence-corrected chi connectivity index (χ1v) is 12.9. The van der Waals surface area contributed by atoms with Gasteiger partial charge < -0.3 is 30.1 Å². The number of para-hydroxylation sites is 1. The van der Waals surface area contributed by atoms with Crippen LogP contribution in [-0.4, -0.2) is 59.6 Å². The maximum atomic E-state index is 13.2. The molecule has 11 heteroatoms. The molecule has 0 radical (unpaired) electrons. The molecule has 0 bridgehead atoms. The number of likely N-dealkylation sites (tertiary alicyclic amines) is 1. The zero-order valence-electron chi connectivity index (χ0n) is 21.0. The van der Waals surface area contributed by atoms with E-state index in [1.54, 1.807) is 59.5 Å². The lowest BCUT2D eigenvalue weighted by atomic mass is 10.1. The zero-order chi connectivity index (χ0) is 27.9. The summed E-state index contributed by atoms with van der Waals surface area (Å²) in [5, 5.41) is 14.7. The van der Waals surface area contributed by atoms with Crippen molar-refractivity contribution >= 4 is 52.5 Å². The first-order chi connectivity index (χ1) is 18.7. The minimum absolute atomic E-state index is 0.107. The quantitative estimate of drug-likeness (QED) is 0.291. The Morgan fingerprint density at radius 3 is 2.44 bits per heavy atom. The molecule has 1 aliphatic heterocycles. The van der Waals surface area contributed by atoms with E-state index in [1.165, 1.54) is 19.2 Å².